The standard InChI is InChI=1S/C15H23N3O4S/c1-2-17-11-16-14-10-18(7-5-13(14)15(17)19)23(20,21)9-6-12-4-3-8-22-12/h11-12H,2-10H2,1H3. The summed E-state index contributed by atoms with van der Waals surface area (Å²) in [5.41, 5.74) is 1.19. The zero-order valence-corrected chi connectivity index (χ0v) is 14.2. The van der Waals surface area contributed by atoms with Crippen molar-refractivity contribution in [2.24, 2.45) is 0 Å². The Balaban J connectivity index is 1.70. The molecule has 7 nitrogen and oxygen atoms in total. The van der Waals surface area contributed by atoms with Crippen molar-refractivity contribution in [1.82, 2.24) is 13.9 Å². The van der Waals surface area contributed by atoms with Gasteiger partial charge in [-0.3, -0.25) is 9.36 Å². The Kier molecular flexibility index (Phi) is 4.84. The van der Waals surface area contributed by atoms with Crippen LogP contribution in [0, 0.1) is 0 Å². The van der Waals surface area contributed by atoms with E-state index in [0.29, 0.717) is 37.2 Å². The molecule has 0 aromatic carbocycles. The Morgan fingerprint density at radius 2 is 2.26 bits per heavy atom. The predicted octanol–water partition coefficient (Wildman–Crippen LogP) is 0.520. The van der Waals surface area contributed by atoms with Gasteiger partial charge in [0.1, 0.15) is 0 Å². The van der Waals surface area contributed by atoms with Crippen LogP contribution >= 0.6 is 0 Å². The summed E-state index contributed by atoms with van der Waals surface area (Å²) in [7, 11) is -3.34. The van der Waals surface area contributed by atoms with Crippen molar-refractivity contribution in [3.05, 3.63) is 27.9 Å². The Morgan fingerprint density at radius 1 is 1.43 bits per heavy atom. The predicted molar refractivity (Wildman–Crippen MR) is 85.7 cm³/mol. The van der Waals surface area contributed by atoms with Crippen molar-refractivity contribution < 1.29 is 13.2 Å². The lowest BCUT2D eigenvalue weighted by atomic mass is 10.1. The molecule has 0 radical (unpaired) electrons. The van der Waals surface area contributed by atoms with E-state index in [2.05, 4.69) is 4.98 Å². The minimum absolute atomic E-state index is 0.0473. The fraction of sp³-hybridized carbons (Fsp3) is 0.733. The van der Waals surface area contributed by atoms with E-state index in [-0.39, 0.29) is 24.0 Å². The smallest absolute Gasteiger partial charge is 0.256 e. The molecule has 0 N–H and O–H groups in total. The highest BCUT2D eigenvalue weighted by Gasteiger charge is 2.30. The van der Waals surface area contributed by atoms with Gasteiger partial charge < -0.3 is 4.74 Å². The molecular weight excluding hydrogens is 318 g/mol. The molecule has 3 heterocycles. The molecule has 0 bridgehead atoms. The van der Waals surface area contributed by atoms with Gasteiger partial charge in [0.25, 0.3) is 5.56 Å². The highest BCUT2D eigenvalue weighted by molar-refractivity contribution is 7.89. The van der Waals surface area contributed by atoms with E-state index in [1.807, 2.05) is 6.92 Å². The van der Waals surface area contributed by atoms with Crippen LogP contribution in [0.25, 0.3) is 0 Å². The molecule has 23 heavy (non-hydrogen) atoms. The molecule has 128 valence electrons. The lowest BCUT2D eigenvalue weighted by Gasteiger charge is -2.27. The minimum atomic E-state index is -3.34. The summed E-state index contributed by atoms with van der Waals surface area (Å²) in [6.07, 6.45) is 4.49. The van der Waals surface area contributed by atoms with Crippen molar-refractivity contribution in [3.63, 3.8) is 0 Å². The van der Waals surface area contributed by atoms with Gasteiger partial charge in [0.15, 0.2) is 0 Å². The van der Waals surface area contributed by atoms with Gasteiger partial charge in [0.05, 0.1) is 30.4 Å². The number of aromatic nitrogens is 2. The molecule has 0 spiro atoms. The Labute approximate surface area is 136 Å². The average Bonchev–Trinajstić information content (AvgIpc) is 3.07. The summed E-state index contributed by atoms with van der Waals surface area (Å²) in [5.74, 6) is 0.0963. The molecule has 8 heteroatoms. The maximum atomic E-state index is 12.5. The van der Waals surface area contributed by atoms with Crippen LogP contribution in [0.4, 0.5) is 0 Å². The third-order valence-electron chi connectivity index (χ3n) is 4.61. The van der Waals surface area contributed by atoms with E-state index in [1.165, 1.54) is 10.6 Å². The quantitative estimate of drug-likeness (QED) is 0.780. The number of ether oxygens (including phenoxy) is 1. The molecule has 1 saturated heterocycles. The van der Waals surface area contributed by atoms with E-state index in [0.717, 1.165) is 19.4 Å². The van der Waals surface area contributed by atoms with Gasteiger partial charge in [-0.15, -0.1) is 0 Å². The van der Waals surface area contributed by atoms with E-state index < -0.39 is 10.0 Å². The lowest BCUT2D eigenvalue weighted by Crippen LogP contribution is -2.41. The summed E-state index contributed by atoms with van der Waals surface area (Å²) in [5, 5.41) is 0. The Hall–Kier alpha value is -1.25. The van der Waals surface area contributed by atoms with Crippen LogP contribution in [0.3, 0.4) is 0 Å². The first kappa shape index (κ1) is 16.6. The molecule has 0 saturated carbocycles. The molecule has 1 fully saturated rings. The van der Waals surface area contributed by atoms with Crippen LogP contribution < -0.4 is 5.56 Å². The summed E-state index contributed by atoms with van der Waals surface area (Å²) in [6.45, 7) is 3.74. The lowest BCUT2D eigenvalue weighted by molar-refractivity contribution is 0.108. The molecule has 1 atom stereocenters. The maximum absolute atomic E-state index is 12.5. The molecular formula is C15H23N3O4S. The van der Waals surface area contributed by atoms with Crippen molar-refractivity contribution in [2.45, 2.75) is 51.8 Å². The first-order valence-electron chi connectivity index (χ1n) is 8.18. The van der Waals surface area contributed by atoms with Gasteiger partial charge in [-0.1, -0.05) is 0 Å². The number of sulfonamides is 1. The van der Waals surface area contributed by atoms with E-state index >= 15 is 0 Å². The van der Waals surface area contributed by atoms with Crippen LogP contribution in [0.15, 0.2) is 11.1 Å². The first-order chi connectivity index (χ1) is 11.0. The van der Waals surface area contributed by atoms with Crippen molar-refractivity contribution in [3.8, 4) is 0 Å². The molecule has 1 aromatic heterocycles. The molecule has 2 aliphatic rings. The number of nitrogens with zero attached hydrogens (tertiary/aromatic N) is 3. The van der Waals surface area contributed by atoms with Crippen LogP contribution in [0.5, 0.6) is 0 Å². The summed E-state index contributed by atoms with van der Waals surface area (Å²) >= 11 is 0. The third-order valence-corrected chi connectivity index (χ3v) is 6.46. The van der Waals surface area contributed by atoms with Crippen molar-refractivity contribution in [1.29, 1.82) is 0 Å². The molecule has 1 aromatic rings. The zero-order chi connectivity index (χ0) is 16.4. The normalized spacial score (nSPS) is 22.2. The van der Waals surface area contributed by atoms with Gasteiger partial charge in [0, 0.05) is 25.3 Å². The number of rotatable bonds is 5. The van der Waals surface area contributed by atoms with Gasteiger partial charge in [-0.2, -0.15) is 4.31 Å². The molecule has 1 unspecified atom stereocenters. The SMILES string of the molecule is CCn1cnc2c(c1=O)CCN(S(=O)(=O)CCC1CCCO1)C2. The number of hydrogen-bond acceptors (Lipinski definition) is 5. The van der Waals surface area contributed by atoms with Gasteiger partial charge in [0.2, 0.25) is 10.0 Å². The second-order valence-corrected chi connectivity index (χ2v) is 8.17. The first-order valence-corrected chi connectivity index (χ1v) is 9.79. The van der Waals surface area contributed by atoms with Crippen LogP contribution in [-0.4, -0.2) is 47.3 Å². The summed E-state index contributed by atoms with van der Waals surface area (Å²) in [4.78, 5) is 16.5. The largest absolute Gasteiger partial charge is 0.378 e. The van der Waals surface area contributed by atoms with Crippen LogP contribution in [0.1, 0.15) is 37.4 Å². The molecule has 0 amide bonds. The Bertz CT molecular complexity index is 723. The third kappa shape index (κ3) is 3.49. The average molecular weight is 341 g/mol. The molecule has 3 rings (SSSR count). The van der Waals surface area contributed by atoms with E-state index in [9.17, 15) is 13.2 Å². The highest BCUT2D eigenvalue weighted by atomic mass is 32.2. The zero-order valence-electron chi connectivity index (χ0n) is 13.4. The van der Waals surface area contributed by atoms with E-state index in [4.69, 9.17) is 4.74 Å². The van der Waals surface area contributed by atoms with Crippen LogP contribution in [0.2, 0.25) is 0 Å². The second-order valence-electron chi connectivity index (χ2n) is 6.08. The maximum Gasteiger partial charge on any atom is 0.256 e. The number of fused-ring (bicyclic) bond motifs is 1. The van der Waals surface area contributed by atoms with Gasteiger partial charge in [-0.25, -0.2) is 13.4 Å². The van der Waals surface area contributed by atoms with Crippen molar-refractivity contribution in [2.75, 3.05) is 18.9 Å². The topological polar surface area (TPSA) is 81.5 Å². The van der Waals surface area contributed by atoms with Crippen LogP contribution in [-0.2, 0) is 34.3 Å². The number of hydrogen-bond donors (Lipinski definition) is 0. The van der Waals surface area contributed by atoms with Crippen molar-refractivity contribution >= 4 is 10.0 Å². The Morgan fingerprint density at radius 3 is 2.96 bits per heavy atom. The molecule has 2 aliphatic heterocycles. The van der Waals surface area contributed by atoms with Gasteiger partial charge >= 0.3 is 0 Å². The minimum Gasteiger partial charge on any atom is -0.378 e. The highest BCUT2D eigenvalue weighted by Crippen LogP contribution is 2.20. The monoisotopic (exact) mass is 341 g/mol. The molecule has 0 aliphatic carbocycles. The number of aryl methyl sites for hydroxylation is 1. The fourth-order valence-corrected chi connectivity index (χ4v) is 4.69. The fourth-order valence-electron chi connectivity index (χ4n) is 3.18. The van der Waals surface area contributed by atoms with E-state index in [1.54, 1.807) is 4.57 Å². The second kappa shape index (κ2) is 6.70. The van der Waals surface area contributed by atoms with Gasteiger partial charge in [-0.05, 0) is 32.6 Å². The summed E-state index contributed by atoms with van der Waals surface area (Å²) in [6, 6.07) is 0. The summed E-state index contributed by atoms with van der Waals surface area (Å²) < 4.78 is 33.5.